The Balaban J connectivity index is 1.55. The molecular formula is C42H39N3O9. The SMILES string of the molecule is O=C(NCC(C=Cc1ccccc1)C(=O)O)c1cc(C(=O)NCC(C=Cc2ccccc2)C(=O)O)cc(C(=O)NCC(C=Cc2ccccc2)C(=O)O)c1. The predicted molar refractivity (Wildman–Crippen MR) is 203 cm³/mol. The monoisotopic (exact) mass is 729 g/mol. The summed E-state index contributed by atoms with van der Waals surface area (Å²) < 4.78 is 0. The first-order valence-electron chi connectivity index (χ1n) is 16.9. The summed E-state index contributed by atoms with van der Waals surface area (Å²) in [6.07, 6.45) is 9.11. The van der Waals surface area contributed by atoms with Gasteiger partial charge in [0.25, 0.3) is 17.7 Å². The smallest absolute Gasteiger partial charge is 0.312 e. The number of hydrogen-bond acceptors (Lipinski definition) is 6. The second kappa shape index (κ2) is 20.1. The standard InChI is InChI=1S/C42H39N3O9/c46-37(43-25-31(40(49)50)19-16-28-10-4-1-5-11-28)34-22-35(38(47)44-26-32(41(51)52)20-17-29-12-6-2-7-13-29)24-36(23-34)39(48)45-27-33(42(53)54)21-18-30-14-8-3-9-15-30/h1-24,31-33H,25-27H2,(H,43,46)(H,44,47)(H,45,48)(H,49,50)(H,51,52)(H,53,54). The lowest BCUT2D eigenvalue weighted by atomic mass is 10.0. The van der Waals surface area contributed by atoms with E-state index in [4.69, 9.17) is 0 Å². The molecule has 0 radical (unpaired) electrons. The average molecular weight is 730 g/mol. The normalized spacial score (nSPS) is 12.9. The van der Waals surface area contributed by atoms with E-state index >= 15 is 0 Å². The Morgan fingerprint density at radius 3 is 0.889 bits per heavy atom. The van der Waals surface area contributed by atoms with E-state index in [0.29, 0.717) is 0 Å². The van der Waals surface area contributed by atoms with E-state index in [2.05, 4.69) is 16.0 Å². The number of carbonyl (C=O) groups excluding carboxylic acids is 3. The summed E-state index contributed by atoms with van der Waals surface area (Å²) in [7, 11) is 0. The van der Waals surface area contributed by atoms with Gasteiger partial charge in [0.1, 0.15) is 0 Å². The van der Waals surface area contributed by atoms with E-state index in [1.807, 2.05) is 18.2 Å². The van der Waals surface area contributed by atoms with Crippen molar-refractivity contribution in [3.8, 4) is 0 Å². The molecular weight excluding hydrogens is 690 g/mol. The molecule has 0 aliphatic rings. The summed E-state index contributed by atoms with van der Waals surface area (Å²) in [5.74, 6) is -9.30. The lowest BCUT2D eigenvalue weighted by molar-refractivity contribution is -0.140. The van der Waals surface area contributed by atoms with Crippen molar-refractivity contribution in [1.29, 1.82) is 0 Å². The highest BCUT2D eigenvalue weighted by Crippen LogP contribution is 2.14. The molecule has 3 amide bonds. The third-order valence-corrected chi connectivity index (χ3v) is 8.08. The first kappa shape index (κ1) is 39.7. The molecule has 12 nitrogen and oxygen atoms in total. The first-order valence-corrected chi connectivity index (χ1v) is 16.9. The lowest BCUT2D eigenvalue weighted by Crippen LogP contribution is -2.35. The van der Waals surface area contributed by atoms with Crippen LogP contribution in [0.25, 0.3) is 18.2 Å². The maximum atomic E-state index is 13.4. The fraction of sp³-hybridized carbons (Fsp3) is 0.143. The molecule has 0 saturated heterocycles. The Bertz CT molecular complexity index is 1780. The van der Waals surface area contributed by atoms with Crippen LogP contribution in [0.3, 0.4) is 0 Å². The molecule has 0 aliphatic heterocycles. The second-order valence-electron chi connectivity index (χ2n) is 12.1. The Morgan fingerprint density at radius 1 is 0.426 bits per heavy atom. The fourth-order valence-corrected chi connectivity index (χ4v) is 5.02. The van der Waals surface area contributed by atoms with Gasteiger partial charge in [-0.25, -0.2) is 0 Å². The van der Waals surface area contributed by atoms with Crippen LogP contribution in [0.15, 0.2) is 127 Å². The Morgan fingerprint density at radius 2 is 0.667 bits per heavy atom. The zero-order valence-electron chi connectivity index (χ0n) is 29.0. The van der Waals surface area contributed by atoms with Crippen LogP contribution >= 0.6 is 0 Å². The Labute approximate surface area is 311 Å². The number of nitrogens with one attached hydrogen (secondary N) is 3. The number of carboxylic acids is 3. The molecule has 0 heterocycles. The van der Waals surface area contributed by atoms with Crippen molar-refractivity contribution in [2.24, 2.45) is 17.8 Å². The summed E-state index contributed by atoms with van der Waals surface area (Å²) in [5, 5.41) is 36.9. The van der Waals surface area contributed by atoms with Gasteiger partial charge in [0.2, 0.25) is 0 Å². The number of aliphatic carboxylic acids is 3. The maximum Gasteiger partial charge on any atom is 0.312 e. The Hall–Kier alpha value is -7.08. The van der Waals surface area contributed by atoms with Crippen LogP contribution in [0.2, 0.25) is 0 Å². The van der Waals surface area contributed by atoms with Crippen LogP contribution in [-0.2, 0) is 14.4 Å². The van der Waals surface area contributed by atoms with E-state index in [9.17, 15) is 44.1 Å². The molecule has 54 heavy (non-hydrogen) atoms. The second-order valence-corrected chi connectivity index (χ2v) is 12.1. The van der Waals surface area contributed by atoms with Gasteiger partial charge >= 0.3 is 17.9 Å². The summed E-state index contributed by atoms with van der Waals surface area (Å²) in [6, 6.07) is 30.5. The van der Waals surface area contributed by atoms with Crippen LogP contribution < -0.4 is 16.0 Å². The minimum Gasteiger partial charge on any atom is -0.481 e. The van der Waals surface area contributed by atoms with E-state index < -0.39 is 53.4 Å². The van der Waals surface area contributed by atoms with Gasteiger partial charge < -0.3 is 31.3 Å². The van der Waals surface area contributed by atoms with Gasteiger partial charge in [0.05, 0.1) is 17.8 Å². The average Bonchev–Trinajstić information content (AvgIpc) is 3.18. The molecule has 0 bridgehead atoms. The topological polar surface area (TPSA) is 199 Å². The lowest BCUT2D eigenvalue weighted by Gasteiger charge is -2.14. The summed E-state index contributed by atoms with van der Waals surface area (Å²) in [6.45, 7) is -0.966. The summed E-state index contributed by atoms with van der Waals surface area (Å²) in [4.78, 5) is 76.0. The van der Waals surface area contributed by atoms with Crippen molar-refractivity contribution in [2.45, 2.75) is 0 Å². The van der Waals surface area contributed by atoms with Gasteiger partial charge in [-0.1, -0.05) is 127 Å². The molecule has 3 unspecified atom stereocenters. The zero-order chi connectivity index (χ0) is 38.9. The molecule has 0 aromatic heterocycles. The fourth-order valence-electron chi connectivity index (χ4n) is 5.02. The number of carbonyl (C=O) groups is 6. The van der Waals surface area contributed by atoms with Gasteiger partial charge in [0.15, 0.2) is 0 Å². The zero-order valence-corrected chi connectivity index (χ0v) is 29.0. The minimum absolute atomic E-state index is 0.165. The van der Waals surface area contributed by atoms with E-state index in [0.717, 1.165) is 16.7 Å². The van der Waals surface area contributed by atoms with Crippen molar-refractivity contribution in [3.05, 3.63) is 161 Å². The van der Waals surface area contributed by atoms with Gasteiger partial charge in [-0.05, 0) is 34.9 Å². The molecule has 4 rings (SSSR count). The van der Waals surface area contributed by atoms with Crippen molar-refractivity contribution in [2.75, 3.05) is 19.6 Å². The highest BCUT2D eigenvalue weighted by Gasteiger charge is 2.22. The van der Waals surface area contributed by atoms with Gasteiger partial charge in [-0.3, -0.25) is 28.8 Å². The van der Waals surface area contributed by atoms with Crippen molar-refractivity contribution in [1.82, 2.24) is 16.0 Å². The minimum atomic E-state index is -1.20. The van der Waals surface area contributed by atoms with Gasteiger partial charge in [-0.2, -0.15) is 0 Å². The molecule has 0 aliphatic carbocycles. The van der Waals surface area contributed by atoms with Gasteiger partial charge in [-0.15, -0.1) is 0 Å². The number of benzene rings is 4. The number of amides is 3. The van der Waals surface area contributed by atoms with Crippen LogP contribution in [0.1, 0.15) is 47.8 Å². The third-order valence-electron chi connectivity index (χ3n) is 8.08. The van der Waals surface area contributed by atoms with Crippen LogP contribution in [0.5, 0.6) is 0 Å². The molecule has 276 valence electrons. The van der Waals surface area contributed by atoms with Crippen molar-refractivity contribution in [3.63, 3.8) is 0 Å². The van der Waals surface area contributed by atoms with Crippen molar-refractivity contribution >= 4 is 53.9 Å². The quantitative estimate of drug-likeness (QED) is 0.0805. The first-order chi connectivity index (χ1) is 26.0. The molecule has 6 N–H and O–H groups in total. The third kappa shape index (κ3) is 12.6. The number of hydrogen-bond donors (Lipinski definition) is 6. The Kier molecular flexibility index (Phi) is 14.8. The van der Waals surface area contributed by atoms with Crippen LogP contribution in [-0.4, -0.2) is 70.6 Å². The summed E-state index contributed by atoms with van der Waals surface area (Å²) >= 11 is 0. The largest absolute Gasteiger partial charge is 0.481 e. The molecule has 4 aromatic rings. The predicted octanol–water partition coefficient (Wildman–Crippen LogP) is 5.12. The molecule has 0 fully saturated rings. The molecule has 0 spiro atoms. The van der Waals surface area contributed by atoms with Crippen molar-refractivity contribution < 1.29 is 44.1 Å². The van der Waals surface area contributed by atoms with E-state index in [1.54, 1.807) is 91.0 Å². The molecule has 12 heteroatoms. The highest BCUT2D eigenvalue weighted by molar-refractivity contribution is 6.04. The molecule has 3 atom stereocenters. The molecule has 4 aromatic carbocycles. The van der Waals surface area contributed by atoms with E-state index in [1.165, 1.54) is 36.4 Å². The van der Waals surface area contributed by atoms with Gasteiger partial charge in [0, 0.05) is 36.3 Å². The highest BCUT2D eigenvalue weighted by atomic mass is 16.4. The molecule has 0 saturated carbocycles. The summed E-state index contributed by atoms with van der Waals surface area (Å²) in [5.41, 5.74) is 1.77. The van der Waals surface area contributed by atoms with Crippen LogP contribution in [0.4, 0.5) is 0 Å². The van der Waals surface area contributed by atoms with Crippen LogP contribution in [0, 0.1) is 17.8 Å². The van der Waals surface area contributed by atoms with E-state index in [-0.39, 0.29) is 36.3 Å². The number of carboxylic acid groups (broad SMARTS) is 3. The maximum absolute atomic E-state index is 13.4. The number of rotatable bonds is 18.